The van der Waals surface area contributed by atoms with E-state index in [2.05, 4.69) is 14.9 Å². The second-order valence-corrected chi connectivity index (χ2v) is 8.04. The number of hydrogen-bond acceptors (Lipinski definition) is 6. The summed E-state index contributed by atoms with van der Waals surface area (Å²) in [5, 5.41) is 0.749. The van der Waals surface area contributed by atoms with Gasteiger partial charge in [-0.25, -0.2) is 9.97 Å². The molecule has 1 aromatic carbocycles. The molecule has 7 nitrogen and oxygen atoms in total. The Balaban J connectivity index is 1.24. The molecule has 1 amide bonds. The van der Waals surface area contributed by atoms with Crippen LogP contribution in [-0.4, -0.2) is 71.1 Å². The van der Waals surface area contributed by atoms with Gasteiger partial charge >= 0.3 is 6.18 Å². The van der Waals surface area contributed by atoms with Gasteiger partial charge in [0.25, 0.3) is 5.91 Å². The van der Waals surface area contributed by atoms with Crippen molar-refractivity contribution in [2.45, 2.75) is 12.2 Å². The van der Waals surface area contributed by atoms with E-state index in [1.165, 1.54) is 6.07 Å². The summed E-state index contributed by atoms with van der Waals surface area (Å²) in [6.07, 6.45) is -3.47. The van der Waals surface area contributed by atoms with E-state index in [1.54, 1.807) is 35.2 Å². The fourth-order valence-electron chi connectivity index (χ4n) is 3.99. The molecule has 2 aromatic heterocycles. The Kier molecular flexibility index (Phi) is 5.63. The summed E-state index contributed by atoms with van der Waals surface area (Å²) in [6.45, 7) is 4.64. The highest BCUT2D eigenvalue weighted by atomic mass is 19.4. The maximum Gasteiger partial charge on any atom is 0.433 e. The van der Waals surface area contributed by atoms with Gasteiger partial charge in [0.15, 0.2) is 0 Å². The van der Waals surface area contributed by atoms with Gasteiger partial charge in [-0.05, 0) is 36.4 Å². The Morgan fingerprint density at radius 2 is 1.79 bits per heavy atom. The number of hydrogen-bond donors (Lipinski definition) is 0. The molecule has 0 saturated carbocycles. The van der Waals surface area contributed by atoms with Crippen LogP contribution in [0, 0.1) is 0 Å². The number of morpholine rings is 1. The first-order valence-electron chi connectivity index (χ1n) is 10.6. The molecule has 33 heavy (non-hydrogen) atoms. The van der Waals surface area contributed by atoms with Crippen LogP contribution < -0.4 is 4.74 Å². The molecule has 2 aliphatic rings. The molecule has 0 N–H and O–H groups in total. The molecule has 0 spiro atoms. The largest absolute Gasteiger partial charge is 0.456 e. The number of carbonyl (C=O) groups excluding carboxylic acids is 1. The zero-order valence-electron chi connectivity index (χ0n) is 17.6. The number of ether oxygens (including phenoxy) is 2. The lowest BCUT2D eigenvalue weighted by Crippen LogP contribution is -2.62. The van der Waals surface area contributed by atoms with Crippen LogP contribution in [0.2, 0.25) is 0 Å². The van der Waals surface area contributed by atoms with Crippen molar-refractivity contribution < 1.29 is 27.4 Å². The van der Waals surface area contributed by atoms with E-state index in [0.29, 0.717) is 36.1 Å². The van der Waals surface area contributed by atoms with Crippen molar-refractivity contribution in [3.8, 4) is 11.5 Å². The molecule has 2 fully saturated rings. The van der Waals surface area contributed by atoms with Crippen molar-refractivity contribution in [2.75, 3.05) is 39.4 Å². The first-order chi connectivity index (χ1) is 15.9. The summed E-state index contributed by atoms with van der Waals surface area (Å²) >= 11 is 0. The van der Waals surface area contributed by atoms with Gasteiger partial charge in [-0.3, -0.25) is 9.69 Å². The third kappa shape index (κ3) is 4.62. The quantitative estimate of drug-likeness (QED) is 0.595. The van der Waals surface area contributed by atoms with E-state index < -0.39 is 11.9 Å². The number of rotatable bonds is 4. The number of nitrogens with zero attached hydrogens (tertiary/aromatic N) is 4. The lowest BCUT2D eigenvalue weighted by molar-refractivity contribution is -0.141. The number of fused-ring (bicyclic) bond motifs is 1. The summed E-state index contributed by atoms with van der Waals surface area (Å²) in [4.78, 5) is 24.8. The number of pyridine rings is 2. The predicted octanol–water partition coefficient (Wildman–Crippen LogP) is 3.60. The zero-order chi connectivity index (χ0) is 23.0. The van der Waals surface area contributed by atoms with Gasteiger partial charge in [0.1, 0.15) is 22.9 Å². The highest BCUT2D eigenvalue weighted by Gasteiger charge is 2.36. The number of alkyl halides is 3. The van der Waals surface area contributed by atoms with Crippen LogP contribution in [0.5, 0.6) is 11.5 Å². The van der Waals surface area contributed by atoms with Gasteiger partial charge in [-0.1, -0.05) is 6.07 Å². The van der Waals surface area contributed by atoms with Crippen molar-refractivity contribution in [3.63, 3.8) is 0 Å². The predicted molar refractivity (Wildman–Crippen MR) is 113 cm³/mol. The van der Waals surface area contributed by atoms with Gasteiger partial charge in [0, 0.05) is 37.6 Å². The fraction of sp³-hybridized carbons (Fsp3) is 0.348. The lowest BCUT2D eigenvalue weighted by Gasteiger charge is -2.46. The maximum absolute atomic E-state index is 12.8. The molecule has 4 heterocycles. The molecule has 0 aliphatic carbocycles. The van der Waals surface area contributed by atoms with Gasteiger partial charge in [0.05, 0.1) is 24.9 Å². The third-order valence-electron chi connectivity index (χ3n) is 5.85. The highest BCUT2D eigenvalue weighted by Crippen LogP contribution is 2.30. The van der Waals surface area contributed by atoms with Crippen LogP contribution in [0.1, 0.15) is 16.2 Å². The van der Waals surface area contributed by atoms with Crippen molar-refractivity contribution in [2.24, 2.45) is 0 Å². The van der Waals surface area contributed by atoms with Crippen molar-refractivity contribution in [1.82, 2.24) is 19.8 Å². The van der Waals surface area contributed by atoms with E-state index >= 15 is 0 Å². The topological polar surface area (TPSA) is 67.8 Å². The van der Waals surface area contributed by atoms with E-state index in [9.17, 15) is 18.0 Å². The molecule has 172 valence electrons. The van der Waals surface area contributed by atoms with Crippen LogP contribution >= 0.6 is 0 Å². The molecule has 2 saturated heterocycles. The average molecular weight is 458 g/mol. The fourth-order valence-corrected chi connectivity index (χ4v) is 3.99. The summed E-state index contributed by atoms with van der Waals surface area (Å²) in [6, 6.07) is 11.0. The van der Waals surface area contributed by atoms with E-state index in [-0.39, 0.29) is 11.7 Å². The van der Waals surface area contributed by atoms with Crippen LogP contribution in [0.3, 0.4) is 0 Å². The number of aromatic nitrogens is 2. The molecular formula is C23H21F3N4O3. The van der Waals surface area contributed by atoms with Crippen LogP contribution in [-0.2, 0) is 10.9 Å². The summed E-state index contributed by atoms with van der Waals surface area (Å²) < 4.78 is 48.9. The van der Waals surface area contributed by atoms with E-state index in [4.69, 9.17) is 9.47 Å². The molecule has 0 atom stereocenters. The number of halogens is 3. The molecule has 2 aliphatic heterocycles. The minimum atomic E-state index is -4.50. The molecule has 0 bridgehead atoms. The van der Waals surface area contributed by atoms with Crippen molar-refractivity contribution in [3.05, 3.63) is 60.0 Å². The second-order valence-electron chi connectivity index (χ2n) is 8.04. The first kappa shape index (κ1) is 21.6. The standard InChI is InChI=1S/C23H21F3N4O3/c24-23(25,26)21-6-3-18(12-27-21)33-17-2-5-19-15(11-17)1-4-20(28-19)22(31)30-13-16(14-30)29-7-9-32-10-8-29/h1-6,11-12,16H,7-10,13-14H2. The average Bonchev–Trinajstić information content (AvgIpc) is 2.78. The Hall–Kier alpha value is -3.24. The van der Waals surface area contributed by atoms with Crippen LogP contribution in [0.4, 0.5) is 13.2 Å². The molecule has 0 unspecified atom stereocenters. The maximum atomic E-state index is 12.8. The Labute approximate surface area is 187 Å². The highest BCUT2D eigenvalue weighted by molar-refractivity contribution is 5.95. The number of likely N-dealkylation sites (tertiary alicyclic amines) is 1. The smallest absolute Gasteiger partial charge is 0.433 e. The van der Waals surface area contributed by atoms with Crippen LogP contribution in [0.25, 0.3) is 10.9 Å². The van der Waals surface area contributed by atoms with Crippen LogP contribution in [0.15, 0.2) is 48.7 Å². The minimum Gasteiger partial charge on any atom is -0.456 e. The number of amides is 1. The molecule has 3 aromatic rings. The first-order valence-corrected chi connectivity index (χ1v) is 10.6. The Morgan fingerprint density at radius 3 is 2.48 bits per heavy atom. The van der Waals surface area contributed by atoms with E-state index in [0.717, 1.165) is 44.0 Å². The van der Waals surface area contributed by atoms with Crippen molar-refractivity contribution >= 4 is 16.8 Å². The number of carbonyl (C=O) groups is 1. The SMILES string of the molecule is O=C(c1ccc2cc(Oc3ccc(C(F)(F)F)nc3)ccc2n1)N1CC(N2CCOCC2)C1. The summed E-state index contributed by atoms with van der Waals surface area (Å²) in [5.74, 6) is 0.522. The third-order valence-corrected chi connectivity index (χ3v) is 5.85. The second kappa shape index (κ2) is 8.60. The molecular weight excluding hydrogens is 437 g/mol. The van der Waals surface area contributed by atoms with E-state index in [1.807, 2.05) is 0 Å². The van der Waals surface area contributed by atoms with Gasteiger partial charge in [0.2, 0.25) is 0 Å². The number of benzene rings is 1. The van der Waals surface area contributed by atoms with Crippen molar-refractivity contribution in [1.29, 1.82) is 0 Å². The summed E-state index contributed by atoms with van der Waals surface area (Å²) in [5.41, 5.74) is 0.0285. The molecule has 5 rings (SSSR count). The molecule has 0 radical (unpaired) electrons. The van der Waals surface area contributed by atoms with Gasteiger partial charge in [-0.2, -0.15) is 13.2 Å². The van der Waals surface area contributed by atoms with Gasteiger partial charge < -0.3 is 14.4 Å². The Bertz CT molecular complexity index is 1160. The summed E-state index contributed by atoms with van der Waals surface area (Å²) in [7, 11) is 0. The minimum absolute atomic E-state index is 0.0995. The Morgan fingerprint density at radius 1 is 1.03 bits per heavy atom. The molecule has 10 heteroatoms. The monoisotopic (exact) mass is 458 g/mol. The zero-order valence-corrected chi connectivity index (χ0v) is 17.6. The lowest BCUT2D eigenvalue weighted by atomic mass is 10.1. The van der Waals surface area contributed by atoms with Gasteiger partial charge in [-0.15, -0.1) is 0 Å². The normalized spacial score (nSPS) is 17.7.